The summed E-state index contributed by atoms with van der Waals surface area (Å²) in [6.07, 6.45) is 0. The van der Waals surface area contributed by atoms with Crippen molar-refractivity contribution in [3.05, 3.63) is 29.3 Å². The molecular weight excluding hydrogens is 342 g/mol. The van der Waals surface area contributed by atoms with E-state index in [0.717, 1.165) is 50.9 Å². The molecule has 9 nitrogen and oxygen atoms in total. The largest absolute Gasteiger partial charge is 0.468 e. The highest BCUT2D eigenvalue weighted by Gasteiger charge is 2.26. The van der Waals surface area contributed by atoms with Gasteiger partial charge in [0, 0.05) is 7.05 Å². The molecule has 0 saturated carbocycles. The topological polar surface area (TPSA) is 116 Å². The predicted molar refractivity (Wildman–Crippen MR) is 81.0 cm³/mol. The van der Waals surface area contributed by atoms with E-state index < -0.39 is 34.5 Å². The van der Waals surface area contributed by atoms with Crippen molar-refractivity contribution in [3.8, 4) is 0 Å². The molecule has 132 valence electrons. The van der Waals surface area contributed by atoms with Crippen molar-refractivity contribution in [1.29, 1.82) is 0 Å². The van der Waals surface area contributed by atoms with Crippen molar-refractivity contribution in [1.82, 2.24) is 4.31 Å². The highest BCUT2D eigenvalue weighted by Crippen LogP contribution is 2.20. The number of carbonyl (C=O) groups excluding carboxylic acids is 3. The molecule has 0 aliphatic carbocycles. The number of methoxy groups -OCH3 is 3. The maximum Gasteiger partial charge on any atom is 0.337 e. The average Bonchev–Trinajstić information content (AvgIpc) is 2.59. The van der Waals surface area contributed by atoms with E-state index in [-0.39, 0.29) is 16.0 Å². The monoisotopic (exact) mass is 359 g/mol. The van der Waals surface area contributed by atoms with Crippen molar-refractivity contribution in [2.75, 3.05) is 34.9 Å². The van der Waals surface area contributed by atoms with Crippen molar-refractivity contribution < 1.29 is 37.0 Å². The van der Waals surface area contributed by atoms with Gasteiger partial charge in [0.2, 0.25) is 10.0 Å². The number of rotatable bonds is 6. The lowest BCUT2D eigenvalue weighted by atomic mass is 10.1. The van der Waals surface area contributed by atoms with Crippen LogP contribution in [-0.4, -0.2) is 65.6 Å². The molecule has 0 aromatic heterocycles. The van der Waals surface area contributed by atoms with Crippen LogP contribution in [0.4, 0.5) is 0 Å². The van der Waals surface area contributed by atoms with E-state index in [2.05, 4.69) is 14.2 Å². The van der Waals surface area contributed by atoms with Crippen LogP contribution < -0.4 is 0 Å². The second kappa shape index (κ2) is 7.88. The standard InChI is InChI=1S/C14H17NO8S/c1-15(8-12(16)21-2)24(19,20)11-6-9(13(17)22-3)5-10(7-11)14(18)23-4/h5-7H,8H2,1-4H3. The van der Waals surface area contributed by atoms with Gasteiger partial charge < -0.3 is 14.2 Å². The second-order valence-electron chi connectivity index (χ2n) is 4.57. The van der Waals surface area contributed by atoms with E-state index in [1.165, 1.54) is 0 Å². The van der Waals surface area contributed by atoms with Crippen LogP contribution in [0.1, 0.15) is 20.7 Å². The first-order valence-corrected chi connectivity index (χ1v) is 7.96. The molecule has 1 rings (SSSR count). The summed E-state index contributed by atoms with van der Waals surface area (Å²) in [6, 6.07) is 3.24. The van der Waals surface area contributed by atoms with Crippen LogP contribution in [0.3, 0.4) is 0 Å². The minimum atomic E-state index is -4.16. The number of sulfonamides is 1. The van der Waals surface area contributed by atoms with Gasteiger partial charge in [-0.25, -0.2) is 18.0 Å². The first-order chi connectivity index (χ1) is 11.2. The van der Waals surface area contributed by atoms with E-state index in [0.29, 0.717) is 0 Å². The van der Waals surface area contributed by atoms with Gasteiger partial charge in [0.05, 0.1) is 37.4 Å². The summed E-state index contributed by atoms with van der Waals surface area (Å²) in [5.41, 5.74) is -0.295. The van der Waals surface area contributed by atoms with E-state index >= 15 is 0 Å². The van der Waals surface area contributed by atoms with Gasteiger partial charge in [0.1, 0.15) is 6.54 Å². The zero-order chi connectivity index (χ0) is 18.5. The van der Waals surface area contributed by atoms with Crippen molar-refractivity contribution >= 4 is 27.9 Å². The van der Waals surface area contributed by atoms with Crippen LogP contribution in [0.2, 0.25) is 0 Å². The Bertz CT molecular complexity index is 722. The van der Waals surface area contributed by atoms with Gasteiger partial charge in [-0.15, -0.1) is 0 Å². The number of likely N-dealkylation sites (N-methyl/N-ethyl adjacent to an activating group) is 1. The molecule has 1 aromatic rings. The van der Waals surface area contributed by atoms with Crippen LogP contribution in [0.15, 0.2) is 23.1 Å². The maximum absolute atomic E-state index is 12.5. The first kappa shape index (κ1) is 19.6. The number of carbonyl (C=O) groups is 3. The van der Waals surface area contributed by atoms with Crippen molar-refractivity contribution in [2.24, 2.45) is 0 Å². The number of hydrogen-bond donors (Lipinski definition) is 0. The van der Waals surface area contributed by atoms with E-state index in [1.807, 2.05) is 0 Å². The predicted octanol–water partition coefficient (Wildman–Crippen LogP) is 0.0533. The highest BCUT2D eigenvalue weighted by molar-refractivity contribution is 7.89. The Kier molecular flexibility index (Phi) is 6.43. The smallest absolute Gasteiger partial charge is 0.337 e. The molecule has 0 amide bonds. The van der Waals surface area contributed by atoms with Crippen LogP contribution in [0, 0.1) is 0 Å². The fourth-order valence-electron chi connectivity index (χ4n) is 1.73. The third-order valence-electron chi connectivity index (χ3n) is 3.04. The summed E-state index contributed by atoms with van der Waals surface area (Å²) in [5, 5.41) is 0. The van der Waals surface area contributed by atoms with Crippen LogP contribution >= 0.6 is 0 Å². The van der Waals surface area contributed by atoms with E-state index in [4.69, 9.17) is 0 Å². The normalized spacial score (nSPS) is 11.0. The van der Waals surface area contributed by atoms with Crippen LogP contribution in [0.5, 0.6) is 0 Å². The molecule has 0 saturated heterocycles. The average molecular weight is 359 g/mol. The number of esters is 3. The fraction of sp³-hybridized carbons (Fsp3) is 0.357. The Morgan fingerprint density at radius 1 is 0.917 bits per heavy atom. The Morgan fingerprint density at radius 2 is 1.38 bits per heavy atom. The molecule has 24 heavy (non-hydrogen) atoms. The van der Waals surface area contributed by atoms with Gasteiger partial charge in [-0.3, -0.25) is 4.79 Å². The summed E-state index contributed by atoms with van der Waals surface area (Å²) in [5.74, 6) is -2.42. The van der Waals surface area contributed by atoms with E-state index in [1.54, 1.807) is 0 Å². The van der Waals surface area contributed by atoms with Crippen LogP contribution in [-0.2, 0) is 29.0 Å². The Balaban J connectivity index is 3.42. The van der Waals surface area contributed by atoms with Crippen molar-refractivity contribution in [2.45, 2.75) is 4.90 Å². The molecule has 0 unspecified atom stereocenters. The van der Waals surface area contributed by atoms with Gasteiger partial charge in [-0.1, -0.05) is 0 Å². The Morgan fingerprint density at radius 3 is 1.75 bits per heavy atom. The minimum absolute atomic E-state index is 0.148. The maximum atomic E-state index is 12.5. The zero-order valence-corrected chi connectivity index (χ0v) is 14.4. The molecule has 0 heterocycles. The molecular formula is C14H17NO8S. The summed E-state index contributed by atoms with van der Waals surface area (Å²) in [6.45, 7) is -0.533. The van der Waals surface area contributed by atoms with Gasteiger partial charge in [-0.05, 0) is 18.2 Å². The molecule has 1 aromatic carbocycles. The Labute approximate surface area is 139 Å². The number of benzene rings is 1. The summed E-state index contributed by atoms with van der Waals surface area (Å²) < 4.78 is 39.3. The Hall–Kier alpha value is -2.46. The van der Waals surface area contributed by atoms with E-state index in [9.17, 15) is 22.8 Å². The second-order valence-corrected chi connectivity index (χ2v) is 6.61. The number of hydrogen-bond acceptors (Lipinski definition) is 8. The van der Waals surface area contributed by atoms with Gasteiger partial charge in [0.15, 0.2) is 0 Å². The lowest BCUT2D eigenvalue weighted by Crippen LogP contribution is -2.33. The fourth-order valence-corrected chi connectivity index (χ4v) is 2.92. The minimum Gasteiger partial charge on any atom is -0.468 e. The van der Waals surface area contributed by atoms with Gasteiger partial charge in [-0.2, -0.15) is 4.31 Å². The third-order valence-corrected chi connectivity index (χ3v) is 4.82. The quantitative estimate of drug-likeness (QED) is 0.517. The van der Waals surface area contributed by atoms with Gasteiger partial charge in [0.25, 0.3) is 0 Å². The number of nitrogens with zero attached hydrogens (tertiary/aromatic N) is 1. The molecule has 0 aliphatic heterocycles. The molecule has 10 heteroatoms. The third kappa shape index (κ3) is 4.30. The molecule has 0 bridgehead atoms. The molecule has 0 aliphatic rings. The highest BCUT2D eigenvalue weighted by atomic mass is 32.2. The SMILES string of the molecule is COC(=O)CN(C)S(=O)(=O)c1cc(C(=O)OC)cc(C(=O)OC)c1. The molecule has 0 fully saturated rings. The van der Waals surface area contributed by atoms with Crippen LogP contribution in [0.25, 0.3) is 0 Å². The first-order valence-electron chi connectivity index (χ1n) is 6.52. The molecule has 0 atom stereocenters. The summed E-state index contributed by atoms with van der Waals surface area (Å²) in [4.78, 5) is 34.3. The molecule has 0 N–H and O–H groups in total. The zero-order valence-electron chi connectivity index (χ0n) is 13.6. The van der Waals surface area contributed by atoms with Gasteiger partial charge >= 0.3 is 17.9 Å². The summed E-state index contributed by atoms with van der Waals surface area (Å²) in [7, 11) is 0.359. The lowest BCUT2D eigenvalue weighted by Gasteiger charge is -2.17. The van der Waals surface area contributed by atoms with Crippen molar-refractivity contribution in [3.63, 3.8) is 0 Å². The lowest BCUT2D eigenvalue weighted by molar-refractivity contribution is -0.140. The number of ether oxygens (including phenoxy) is 3. The molecule has 0 spiro atoms. The summed E-state index contributed by atoms with van der Waals surface area (Å²) >= 11 is 0. The molecule has 0 radical (unpaired) electrons.